The van der Waals surface area contributed by atoms with Gasteiger partial charge in [-0.15, -0.1) is 0 Å². The minimum Gasteiger partial charge on any atom is -0.399 e. The SMILES string of the molecule is CC(C)(C)c1cc(-c2ncc3ccc(N)cc3n2)no1. The van der Waals surface area contributed by atoms with Gasteiger partial charge in [-0.3, -0.25) is 0 Å². The fraction of sp³-hybridized carbons (Fsp3) is 0.267. The van der Waals surface area contributed by atoms with Gasteiger partial charge in [0.2, 0.25) is 0 Å². The molecule has 0 bridgehead atoms. The van der Waals surface area contributed by atoms with E-state index < -0.39 is 0 Å². The Bertz CT molecular complexity index is 771. The van der Waals surface area contributed by atoms with Gasteiger partial charge in [-0.05, 0) is 18.2 Å². The van der Waals surface area contributed by atoms with Crippen molar-refractivity contribution < 1.29 is 4.52 Å². The molecule has 2 N–H and O–H groups in total. The molecule has 0 radical (unpaired) electrons. The predicted octanol–water partition coefficient (Wildman–Crippen LogP) is 3.16. The van der Waals surface area contributed by atoms with Crippen molar-refractivity contribution >= 4 is 16.6 Å². The van der Waals surface area contributed by atoms with Crippen LogP contribution in [0.5, 0.6) is 0 Å². The number of hydrogen-bond donors (Lipinski definition) is 1. The summed E-state index contributed by atoms with van der Waals surface area (Å²) in [6.07, 6.45) is 1.77. The number of benzene rings is 1. The van der Waals surface area contributed by atoms with Crippen molar-refractivity contribution in [2.24, 2.45) is 0 Å². The average Bonchev–Trinajstić information content (AvgIpc) is 2.87. The number of hydrogen-bond acceptors (Lipinski definition) is 5. The third-order valence-corrected chi connectivity index (χ3v) is 3.09. The molecule has 0 aliphatic carbocycles. The zero-order valence-electron chi connectivity index (χ0n) is 11.7. The second kappa shape index (κ2) is 4.30. The average molecular weight is 268 g/mol. The molecule has 0 saturated carbocycles. The van der Waals surface area contributed by atoms with Crippen LogP contribution in [-0.4, -0.2) is 15.1 Å². The molecule has 0 spiro atoms. The van der Waals surface area contributed by atoms with Crippen LogP contribution >= 0.6 is 0 Å². The lowest BCUT2D eigenvalue weighted by Crippen LogP contribution is -2.09. The molecule has 5 nitrogen and oxygen atoms in total. The van der Waals surface area contributed by atoms with Gasteiger partial charge in [0.15, 0.2) is 11.5 Å². The third kappa shape index (κ3) is 2.22. The largest absolute Gasteiger partial charge is 0.399 e. The number of rotatable bonds is 1. The summed E-state index contributed by atoms with van der Waals surface area (Å²) < 4.78 is 5.36. The highest BCUT2D eigenvalue weighted by Crippen LogP contribution is 2.26. The molecule has 0 amide bonds. The fourth-order valence-corrected chi connectivity index (χ4v) is 1.90. The summed E-state index contributed by atoms with van der Waals surface area (Å²) in [5, 5.41) is 5.00. The van der Waals surface area contributed by atoms with Gasteiger partial charge in [0.1, 0.15) is 5.76 Å². The van der Waals surface area contributed by atoms with Crippen molar-refractivity contribution in [3.05, 3.63) is 36.2 Å². The Morgan fingerprint density at radius 1 is 1.15 bits per heavy atom. The van der Waals surface area contributed by atoms with Crippen LogP contribution in [-0.2, 0) is 5.41 Å². The highest BCUT2D eigenvalue weighted by atomic mass is 16.5. The van der Waals surface area contributed by atoms with Crippen LogP contribution < -0.4 is 5.73 Å². The summed E-state index contributed by atoms with van der Waals surface area (Å²) in [7, 11) is 0. The number of nitrogen functional groups attached to an aromatic ring is 1. The Balaban J connectivity index is 2.08. The molecule has 102 valence electrons. The molecule has 3 rings (SSSR count). The Morgan fingerprint density at radius 3 is 2.65 bits per heavy atom. The zero-order valence-corrected chi connectivity index (χ0v) is 11.7. The van der Waals surface area contributed by atoms with E-state index in [1.165, 1.54) is 0 Å². The van der Waals surface area contributed by atoms with Gasteiger partial charge in [-0.25, -0.2) is 9.97 Å². The lowest BCUT2D eigenvalue weighted by atomic mass is 9.93. The lowest BCUT2D eigenvalue weighted by molar-refractivity contribution is 0.330. The Kier molecular flexibility index (Phi) is 2.71. The first kappa shape index (κ1) is 12.6. The van der Waals surface area contributed by atoms with E-state index in [-0.39, 0.29) is 5.41 Å². The van der Waals surface area contributed by atoms with Crippen LogP contribution in [0.3, 0.4) is 0 Å². The molecule has 0 unspecified atom stereocenters. The molecule has 5 heteroatoms. The molecule has 0 aliphatic rings. The Morgan fingerprint density at radius 2 is 1.95 bits per heavy atom. The van der Waals surface area contributed by atoms with Gasteiger partial charge in [0, 0.05) is 28.8 Å². The van der Waals surface area contributed by atoms with Crippen molar-refractivity contribution in [3.63, 3.8) is 0 Å². The summed E-state index contributed by atoms with van der Waals surface area (Å²) in [6.45, 7) is 6.21. The van der Waals surface area contributed by atoms with Crippen molar-refractivity contribution in [1.29, 1.82) is 0 Å². The van der Waals surface area contributed by atoms with Gasteiger partial charge in [0.05, 0.1) is 5.52 Å². The van der Waals surface area contributed by atoms with Crippen LogP contribution in [0, 0.1) is 0 Å². The number of fused-ring (bicyclic) bond motifs is 1. The minimum absolute atomic E-state index is 0.0907. The van der Waals surface area contributed by atoms with Gasteiger partial charge in [-0.2, -0.15) is 0 Å². The molecule has 0 fully saturated rings. The maximum Gasteiger partial charge on any atom is 0.182 e. The van der Waals surface area contributed by atoms with Crippen LogP contribution in [0.1, 0.15) is 26.5 Å². The van der Waals surface area contributed by atoms with Crippen molar-refractivity contribution in [2.75, 3.05) is 5.73 Å². The van der Waals surface area contributed by atoms with Gasteiger partial charge < -0.3 is 10.3 Å². The Hall–Kier alpha value is -2.43. The molecule has 20 heavy (non-hydrogen) atoms. The van der Waals surface area contributed by atoms with Crippen molar-refractivity contribution in [1.82, 2.24) is 15.1 Å². The summed E-state index contributed by atoms with van der Waals surface area (Å²) in [4.78, 5) is 8.82. The molecule has 2 aromatic heterocycles. The lowest BCUT2D eigenvalue weighted by Gasteiger charge is -2.12. The number of nitrogens with zero attached hydrogens (tertiary/aromatic N) is 3. The number of nitrogens with two attached hydrogens (primary N) is 1. The quantitative estimate of drug-likeness (QED) is 0.686. The van der Waals surface area contributed by atoms with Crippen LogP contribution in [0.2, 0.25) is 0 Å². The van der Waals surface area contributed by atoms with Crippen LogP contribution in [0.25, 0.3) is 22.4 Å². The normalized spacial score (nSPS) is 11.9. The molecule has 0 atom stereocenters. The number of anilines is 1. The van der Waals surface area contributed by atoms with Crippen LogP contribution in [0.15, 0.2) is 35.0 Å². The Labute approximate surface area is 116 Å². The highest BCUT2D eigenvalue weighted by Gasteiger charge is 2.21. The van der Waals surface area contributed by atoms with E-state index in [0.29, 0.717) is 17.2 Å². The molecule has 2 heterocycles. The molecule has 0 aliphatic heterocycles. The zero-order chi connectivity index (χ0) is 14.3. The second-order valence-electron chi connectivity index (χ2n) is 5.84. The second-order valence-corrected chi connectivity index (χ2v) is 5.84. The van der Waals surface area contributed by atoms with E-state index in [2.05, 4.69) is 35.9 Å². The first-order valence-electron chi connectivity index (χ1n) is 6.43. The summed E-state index contributed by atoms with van der Waals surface area (Å²) in [5.41, 5.74) is 7.81. The van der Waals surface area contributed by atoms with E-state index in [1.807, 2.05) is 24.3 Å². The van der Waals surface area contributed by atoms with Gasteiger partial charge >= 0.3 is 0 Å². The maximum atomic E-state index is 5.78. The molecule has 3 aromatic rings. The molecular formula is C15H16N4O. The maximum absolute atomic E-state index is 5.78. The van der Waals surface area contributed by atoms with Crippen LogP contribution in [0.4, 0.5) is 5.69 Å². The fourth-order valence-electron chi connectivity index (χ4n) is 1.90. The first-order valence-corrected chi connectivity index (χ1v) is 6.43. The summed E-state index contributed by atoms with van der Waals surface area (Å²) in [6, 6.07) is 7.44. The van der Waals surface area contributed by atoms with E-state index >= 15 is 0 Å². The van der Waals surface area contributed by atoms with E-state index in [4.69, 9.17) is 10.3 Å². The van der Waals surface area contributed by atoms with E-state index in [9.17, 15) is 0 Å². The standard InChI is InChI=1S/C15H16N4O/c1-15(2,3)13-7-12(19-20-13)14-17-8-9-4-5-10(16)6-11(9)18-14/h4-8H,16H2,1-3H3. The number of aromatic nitrogens is 3. The molecule has 0 saturated heterocycles. The van der Waals surface area contributed by atoms with Crippen molar-refractivity contribution in [3.8, 4) is 11.5 Å². The van der Waals surface area contributed by atoms with E-state index in [1.54, 1.807) is 6.20 Å². The minimum atomic E-state index is -0.0907. The van der Waals surface area contributed by atoms with Crippen molar-refractivity contribution in [2.45, 2.75) is 26.2 Å². The van der Waals surface area contributed by atoms with Gasteiger partial charge in [0.25, 0.3) is 0 Å². The third-order valence-electron chi connectivity index (χ3n) is 3.09. The monoisotopic (exact) mass is 268 g/mol. The molecular weight excluding hydrogens is 252 g/mol. The highest BCUT2D eigenvalue weighted by molar-refractivity contribution is 5.82. The summed E-state index contributed by atoms with van der Waals surface area (Å²) in [5.74, 6) is 1.35. The summed E-state index contributed by atoms with van der Waals surface area (Å²) >= 11 is 0. The smallest absolute Gasteiger partial charge is 0.182 e. The van der Waals surface area contributed by atoms with E-state index in [0.717, 1.165) is 16.7 Å². The first-order chi connectivity index (χ1) is 9.43. The molecule has 1 aromatic carbocycles. The predicted molar refractivity (Wildman–Crippen MR) is 78.1 cm³/mol. The van der Waals surface area contributed by atoms with Gasteiger partial charge in [-0.1, -0.05) is 25.9 Å². The topological polar surface area (TPSA) is 77.8 Å².